The average Bonchev–Trinajstić information content (AvgIpc) is 2.84. The van der Waals surface area contributed by atoms with Crippen LogP contribution in [-0.2, 0) is 32.6 Å². The van der Waals surface area contributed by atoms with Gasteiger partial charge < -0.3 is 10.2 Å². The highest BCUT2D eigenvalue weighted by Gasteiger charge is 2.34. The first-order chi connectivity index (χ1) is 18.2. The molecule has 0 aliphatic heterocycles. The number of hydrogen-bond acceptors (Lipinski definition) is 4. The molecule has 0 aliphatic carbocycles. The predicted octanol–water partition coefficient (Wildman–Crippen LogP) is 4.91. The van der Waals surface area contributed by atoms with E-state index in [1.54, 1.807) is 36.4 Å². The van der Waals surface area contributed by atoms with Crippen molar-refractivity contribution in [2.24, 2.45) is 0 Å². The predicted molar refractivity (Wildman–Crippen MR) is 155 cm³/mol. The summed E-state index contributed by atoms with van der Waals surface area (Å²) in [6.45, 7) is 4.98. The molecule has 0 bridgehead atoms. The van der Waals surface area contributed by atoms with Crippen LogP contribution in [0.4, 0.5) is 10.1 Å². The molecule has 1 atom stereocenters. The molecule has 7 nitrogen and oxygen atoms in total. The fourth-order valence-electron chi connectivity index (χ4n) is 4.04. The Bertz CT molecular complexity index is 1390. The molecule has 39 heavy (non-hydrogen) atoms. The zero-order valence-electron chi connectivity index (χ0n) is 22.4. The highest BCUT2D eigenvalue weighted by atomic mass is 79.9. The molecule has 0 radical (unpaired) electrons. The fraction of sp³-hybridized carbons (Fsp3) is 0.310. The highest BCUT2D eigenvalue weighted by Crippen LogP contribution is 2.23. The van der Waals surface area contributed by atoms with Gasteiger partial charge in [-0.1, -0.05) is 64.5 Å². The van der Waals surface area contributed by atoms with E-state index >= 15 is 0 Å². The zero-order chi connectivity index (χ0) is 28.8. The fourth-order valence-corrected chi connectivity index (χ4v) is 5.27. The Hall–Kier alpha value is -3.24. The second kappa shape index (κ2) is 12.7. The lowest BCUT2D eigenvalue weighted by molar-refractivity contribution is -0.140. The van der Waals surface area contributed by atoms with Gasteiger partial charge in [0, 0.05) is 23.0 Å². The van der Waals surface area contributed by atoms with E-state index < -0.39 is 39.9 Å². The summed E-state index contributed by atoms with van der Waals surface area (Å²) in [6, 6.07) is 20.6. The third-order valence-electron chi connectivity index (χ3n) is 5.81. The highest BCUT2D eigenvalue weighted by molar-refractivity contribution is 9.10. The summed E-state index contributed by atoms with van der Waals surface area (Å²) in [6.07, 6.45) is 1.23. The third kappa shape index (κ3) is 9.18. The molecule has 2 amide bonds. The summed E-state index contributed by atoms with van der Waals surface area (Å²) in [5.74, 6) is -1.38. The minimum Gasteiger partial charge on any atom is -0.350 e. The minimum atomic E-state index is -3.86. The van der Waals surface area contributed by atoms with Crippen LogP contribution in [0.2, 0.25) is 0 Å². The van der Waals surface area contributed by atoms with Crippen molar-refractivity contribution in [1.29, 1.82) is 0 Å². The molecular formula is C29H33BrFN3O4S. The molecular weight excluding hydrogens is 585 g/mol. The molecule has 0 unspecified atom stereocenters. The van der Waals surface area contributed by atoms with Crippen LogP contribution in [0.25, 0.3) is 0 Å². The zero-order valence-corrected chi connectivity index (χ0v) is 24.8. The Morgan fingerprint density at radius 1 is 0.949 bits per heavy atom. The summed E-state index contributed by atoms with van der Waals surface area (Å²) in [5, 5.41) is 2.96. The van der Waals surface area contributed by atoms with Gasteiger partial charge in [0.15, 0.2) is 0 Å². The molecule has 3 aromatic carbocycles. The van der Waals surface area contributed by atoms with Crippen LogP contribution in [0.1, 0.15) is 31.9 Å². The lowest BCUT2D eigenvalue weighted by atomic mass is 10.0. The summed E-state index contributed by atoms with van der Waals surface area (Å²) < 4.78 is 40.9. The maximum Gasteiger partial charge on any atom is 0.244 e. The SMILES string of the molecule is CC(C)(C)NC(=O)[C@@H](Cc1ccccc1)N(Cc1ccc(F)cc1)C(=O)CN(c1cccc(Br)c1)S(C)(=O)=O. The Kier molecular flexibility index (Phi) is 9.90. The van der Waals surface area contributed by atoms with Crippen molar-refractivity contribution in [3.05, 3.63) is 100 Å². The van der Waals surface area contributed by atoms with E-state index in [1.165, 1.54) is 17.0 Å². The Balaban J connectivity index is 2.07. The van der Waals surface area contributed by atoms with Crippen LogP contribution in [0.5, 0.6) is 0 Å². The Labute approximate surface area is 238 Å². The van der Waals surface area contributed by atoms with E-state index in [0.717, 1.165) is 16.1 Å². The van der Waals surface area contributed by atoms with Crippen molar-refractivity contribution in [3.8, 4) is 0 Å². The quantitative estimate of drug-likeness (QED) is 0.350. The van der Waals surface area contributed by atoms with Gasteiger partial charge in [0.1, 0.15) is 18.4 Å². The number of rotatable bonds is 10. The topological polar surface area (TPSA) is 86.8 Å². The van der Waals surface area contributed by atoms with Crippen molar-refractivity contribution in [3.63, 3.8) is 0 Å². The molecule has 0 saturated heterocycles. The number of halogens is 2. The van der Waals surface area contributed by atoms with Gasteiger partial charge in [-0.25, -0.2) is 12.8 Å². The van der Waals surface area contributed by atoms with E-state index in [-0.39, 0.29) is 18.9 Å². The number of hydrogen-bond donors (Lipinski definition) is 1. The molecule has 10 heteroatoms. The van der Waals surface area contributed by atoms with E-state index in [9.17, 15) is 22.4 Å². The van der Waals surface area contributed by atoms with Crippen LogP contribution in [0.15, 0.2) is 83.3 Å². The van der Waals surface area contributed by atoms with Gasteiger partial charge in [0.2, 0.25) is 21.8 Å². The van der Waals surface area contributed by atoms with Gasteiger partial charge in [0.05, 0.1) is 11.9 Å². The van der Waals surface area contributed by atoms with Crippen LogP contribution in [0, 0.1) is 5.82 Å². The van der Waals surface area contributed by atoms with Gasteiger partial charge >= 0.3 is 0 Å². The molecule has 0 fully saturated rings. The van der Waals surface area contributed by atoms with Crippen LogP contribution in [0.3, 0.4) is 0 Å². The second-order valence-corrected chi connectivity index (χ2v) is 13.2. The van der Waals surface area contributed by atoms with Crippen molar-refractivity contribution in [2.75, 3.05) is 17.1 Å². The van der Waals surface area contributed by atoms with Gasteiger partial charge in [-0.3, -0.25) is 13.9 Å². The molecule has 0 aromatic heterocycles. The van der Waals surface area contributed by atoms with E-state index in [4.69, 9.17) is 0 Å². The standard InChI is InChI=1S/C29H33BrFN3O4S/c1-29(2,3)32-28(36)26(17-21-9-6-5-7-10-21)33(19-22-13-15-24(31)16-14-22)27(35)20-34(39(4,37)38)25-12-8-11-23(30)18-25/h5-16,18,26H,17,19-20H2,1-4H3,(H,32,36)/t26-/m1/s1. The lowest BCUT2D eigenvalue weighted by Gasteiger charge is -2.35. The third-order valence-corrected chi connectivity index (χ3v) is 7.44. The van der Waals surface area contributed by atoms with Crippen molar-refractivity contribution in [2.45, 2.75) is 45.3 Å². The summed E-state index contributed by atoms with van der Waals surface area (Å²) in [4.78, 5) is 29.0. The van der Waals surface area contributed by atoms with Gasteiger partial charge in [-0.05, 0) is 62.2 Å². The van der Waals surface area contributed by atoms with Crippen LogP contribution in [-0.4, -0.2) is 49.5 Å². The first-order valence-electron chi connectivity index (χ1n) is 12.4. The molecule has 3 aromatic rings. The van der Waals surface area contributed by atoms with Crippen molar-refractivity contribution < 1.29 is 22.4 Å². The lowest BCUT2D eigenvalue weighted by Crippen LogP contribution is -2.56. The molecule has 0 aliphatic rings. The second-order valence-electron chi connectivity index (χ2n) is 10.3. The Morgan fingerprint density at radius 2 is 1.59 bits per heavy atom. The average molecular weight is 619 g/mol. The van der Waals surface area contributed by atoms with Gasteiger partial charge in [0.25, 0.3) is 0 Å². The molecule has 0 spiro atoms. The summed E-state index contributed by atoms with van der Waals surface area (Å²) in [5.41, 5.74) is 1.15. The molecule has 0 heterocycles. The monoisotopic (exact) mass is 617 g/mol. The summed E-state index contributed by atoms with van der Waals surface area (Å²) >= 11 is 3.35. The van der Waals surface area contributed by atoms with E-state index in [1.807, 2.05) is 51.1 Å². The number of benzene rings is 3. The Morgan fingerprint density at radius 3 is 2.15 bits per heavy atom. The maximum atomic E-state index is 14.0. The molecule has 1 N–H and O–H groups in total. The maximum absolute atomic E-state index is 14.0. The van der Waals surface area contributed by atoms with Gasteiger partial charge in [-0.2, -0.15) is 0 Å². The summed E-state index contributed by atoms with van der Waals surface area (Å²) in [7, 11) is -3.86. The van der Waals surface area contributed by atoms with Crippen LogP contribution >= 0.6 is 15.9 Å². The normalized spacial score (nSPS) is 12.5. The van der Waals surface area contributed by atoms with Crippen LogP contribution < -0.4 is 9.62 Å². The molecule has 208 valence electrons. The van der Waals surface area contributed by atoms with Gasteiger partial charge in [-0.15, -0.1) is 0 Å². The first-order valence-corrected chi connectivity index (χ1v) is 15.0. The molecule has 3 rings (SSSR count). The van der Waals surface area contributed by atoms with E-state index in [0.29, 0.717) is 15.7 Å². The smallest absolute Gasteiger partial charge is 0.244 e. The number of carbonyl (C=O) groups excluding carboxylic acids is 2. The number of nitrogens with zero attached hydrogens (tertiary/aromatic N) is 2. The van der Waals surface area contributed by atoms with Crippen molar-refractivity contribution >= 4 is 43.5 Å². The largest absolute Gasteiger partial charge is 0.350 e. The first kappa shape index (κ1) is 30.3. The van der Waals surface area contributed by atoms with E-state index in [2.05, 4.69) is 21.2 Å². The minimum absolute atomic E-state index is 0.0235. The number of carbonyl (C=O) groups is 2. The molecule has 0 saturated carbocycles. The van der Waals surface area contributed by atoms with Crippen molar-refractivity contribution in [1.82, 2.24) is 10.2 Å². The number of amides is 2. The number of anilines is 1. The number of sulfonamides is 1. The number of nitrogens with one attached hydrogen (secondary N) is 1.